The van der Waals surface area contributed by atoms with Gasteiger partial charge in [0.1, 0.15) is 0 Å². The first kappa shape index (κ1) is 12.5. The average Bonchev–Trinajstić information content (AvgIpc) is 3.11. The van der Waals surface area contributed by atoms with Gasteiger partial charge < -0.3 is 5.73 Å². The summed E-state index contributed by atoms with van der Waals surface area (Å²) in [7, 11) is -3.45. The Hall–Kier alpha value is -0.980. The second-order valence-electron chi connectivity index (χ2n) is 4.34. The summed E-state index contributed by atoms with van der Waals surface area (Å²) in [4.78, 5) is 3.97. The highest BCUT2D eigenvalue weighted by Gasteiger charge is 2.28. The third-order valence-corrected chi connectivity index (χ3v) is 4.24. The number of hydrogen-bond acceptors (Lipinski definition) is 4. The van der Waals surface area contributed by atoms with E-state index in [1.807, 2.05) is 6.92 Å². The van der Waals surface area contributed by atoms with Gasteiger partial charge in [0.2, 0.25) is 0 Å². The molecule has 1 aliphatic rings. The number of hydrogen-bond donors (Lipinski definition) is 2. The lowest BCUT2D eigenvalue weighted by molar-refractivity contribution is 0.576. The zero-order valence-corrected chi connectivity index (χ0v) is 10.6. The molecule has 1 fully saturated rings. The molecule has 2 rings (SSSR count). The van der Waals surface area contributed by atoms with Crippen molar-refractivity contribution in [1.29, 1.82) is 0 Å². The third-order valence-electron chi connectivity index (χ3n) is 2.80. The molecule has 6 heteroatoms. The van der Waals surface area contributed by atoms with E-state index in [9.17, 15) is 8.42 Å². The Labute approximate surface area is 101 Å². The molecular formula is C11H17N3O2S. The van der Waals surface area contributed by atoms with Crippen LogP contribution in [0, 0.1) is 0 Å². The Kier molecular flexibility index (Phi) is 3.46. The van der Waals surface area contributed by atoms with Crippen molar-refractivity contribution in [3.8, 4) is 0 Å². The predicted molar refractivity (Wildman–Crippen MR) is 64.8 cm³/mol. The van der Waals surface area contributed by atoms with Gasteiger partial charge in [-0.15, -0.1) is 0 Å². The molecule has 17 heavy (non-hydrogen) atoms. The zero-order chi connectivity index (χ0) is 12.5. The maximum atomic E-state index is 11.8. The molecule has 0 aliphatic heterocycles. The minimum Gasteiger partial charge on any atom is -0.324 e. The molecule has 0 aromatic carbocycles. The van der Waals surface area contributed by atoms with Crippen LogP contribution in [0.25, 0.3) is 0 Å². The lowest BCUT2D eigenvalue weighted by atomic mass is 10.1. The zero-order valence-electron chi connectivity index (χ0n) is 9.76. The molecule has 1 saturated carbocycles. The minimum absolute atomic E-state index is 0.0662. The summed E-state index contributed by atoms with van der Waals surface area (Å²) in [6.07, 6.45) is 4.17. The first-order valence-corrected chi connectivity index (χ1v) is 7.25. The molecule has 1 heterocycles. The van der Waals surface area contributed by atoms with Crippen LogP contribution in [0.4, 0.5) is 0 Å². The number of nitrogens with two attached hydrogens (primary N) is 1. The van der Waals surface area contributed by atoms with Crippen molar-refractivity contribution in [1.82, 2.24) is 9.71 Å². The van der Waals surface area contributed by atoms with Gasteiger partial charge in [0.05, 0.1) is 0 Å². The minimum atomic E-state index is -3.45. The molecule has 3 N–H and O–H groups in total. The normalized spacial score (nSPS) is 18.0. The molecule has 1 aromatic rings. The molecule has 94 valence electrons. The summed E-state index contributed by atoms with van der Waals surface area (Å²) < 4.78 is 26.2. The lowest BCUT2D eigenvalue weighted by Crippen LogP contribution is -2.26. The maximum Gasteiger partial charge on any atom is 0.258 e. The summed E-state index contributed by atoms with van der Waals surface area (Å²) in [6.45, 7) is 1.98. The van der Waals surface area contributed by atoms with Crippen LogP contribution in [0.2, 0.25) is 0 Å². The predicted octanol–water partition coefficient (Wildman–Crippen LogP) is 0.932. The molecule has 5 nitrogen and oxygen atoms in total. The maximum absolute atomic E-state index is 11.8. The summed E-state index contributed by atoms with van der Waals surface area (Å²) in [6, 6.07) is 3.24. The first-order chi connectivity index (χ1) is 8.03. The second-order valence-corrected chi connectivity index (χ2v) is 6.00. The van der Waals surface area contributed by atoms with E-state index in [4.69, 9.17) is 5.73 Å². The van der Waals surface area contributed by atoms with Crippen LogP contribution >= 0.6 is 0 Å². The highest BCUT2D eigenvalue weighted by atomic mass is 32.2. The van der Waals surface area contributed by atoms with Crippen molar-refractivity contribution >= 4 is 10.0 Å². The van der Waals surface area contributed by atoms with E-state index < -0.39 is 10.0 Å². The Morgan fingerprint density at radius 3 is 2.71 bits per heavy atom. The summed E-state index contributed by atoms with van der Waals surface area (Å²) in [5, 5.41) is 0.0662. The number of nitrogens with one attached hydrogen (secondary N) is 1. The monoisotopic (exact) mass is 255 g/mol. The Morgan fingerprint density at radius 2 is 2.24 bits per heavy atom. The van der Waals surface area contributed by atoms with E-state index in [2.05, 4.69) is 9.71 Å². The standard InChI is InChI=1S/C11H17N3O2S/c1-2-10(12)8-3-6-11(13-7-8)17(15,16)14-9-4-5-9/h3,6-7,9-10,14H,2,4-5,12H2,1H3/t10-/m0/s1. The Balaban J connectivity index is 2.16. The molecule has 0 bridgehead atoms. The van der Waals surface area contributed by atoms with Gasteiger partial charge >= 0.3 is 0 Å². The molecular weight excluding hydrogens is 238 g/mol. The highest BCUT2D eigenvalue weighted by Crippen LogP contribution is 2.22. The summed E-state index contributed by atoms with van der Waals surface area (Å²) >= 11 is 0. The molecule has 0 spiro atoms. The lowest BCUT2D eigenvalue weighted by Gasteiger charge is -2.09. The molecule has 1 atom stereocenters. The first-order valence-electron chi connectivity index (χ1n) is 5.77. The third kappa shape index (κ3) is 3.02. The Morgan fingerprint density at radius 1 is 1.53 bits per heavy atom. The van der Waals surface area contributed by atoms with Crippen LogP contribution in [-0.2, 0) is 10.0 Å². The summed E-state index contributed by atoms with van der Waals surface area (Å²) in [5.74, 6) is 0. The smallest absolute Gasteiger partial charge is 0.258 e. The van der Waals surface area contributed by atoms with Crippen molar-refractivity contribution in [3.63, 3.8) is 0 Å². The van der Waals surface area contributed by atoms with E-state index in [0.717, 1.165) is 24.8 Å². The summed E-state index contributed by atoms with van der Waals surface area (Å²) in [5.41, 5.74) is 6.70. The number of nitrogens with zero attached hydrogens (tertiary/aromatic N) is 1. The fourth-order valence-corrected chi connectivity index (χ4v) is 2.72. The van der Waals surface area contributed by atoms with Gasteiger partial charge in [0, 0.05) is 18.3 Å². The van der Waals surface area contributed by atoms with Gasteiger partial charge in [0.15, 0.2) is 5.03 Å². The number of sulfonamides is 1. The van der Waals surface area contributed by atoms with Crippen molar-refractivity contribution in [3.05, 3.63) is 23.9 Å². The van der Waals surface area contributed by atoms with Crippen LogP contribution in [0.15, 0.2) is 23.4 Å². The van der Waals surface area contributed by atoms with Crippen LogP contribution < -0.4 is 10.5 Å². The van der Waals surface area contributed by atoms with Crippen LogP contribution in [0.1, 0.15) is 37.8 Å². The van der Waals surface area contributed by atoms with Gasteiger partial charge in [-0.3, -0.25) is 0 Å². The topological polar surface area (TPSA) is 85.1 Å². The molecule has 0 amide bonds. The van der Waals surface area contributed by atoms with Crippen LogP contribution in [0.3, 0.4) is 0 Å². The van der Waals surface area contributed by atoms with E-state index in [1.165, 1.54) is 12.3 Å². The fourth-order valence-electron chi connectivity index (χ4n) is 1.49. The van der Waals surface area contributed by atoms with E-state index >= 15 is 0 Å². The average molecular weight is 255 g/mol. The van der Waals surface area contributed by atoms with Gasteiger partial charge in [-0.1, -0.05) is 13.0 Å². The molecule has 1 aliphatic carbocycles. The van der Waals surface area contributed by atoms with E-state index in [1.54, 1.807) is 6.07 Å². The van der Waals surface area contributed by atoms with Gasteiger partial charge in [-0.25, -0.2) is 18.1 Å². The number of aromatic nitrogens is 1. The van der Waals surface area contributed by atoms with Crippen LogP contribution in [0.5, 0.6) is 0 Å². The second kappa shape index (κ2) is 4.72. The van der Waals surface area contributed by atoms with Gasteiger partial charge in [-0.05, 0) is 30.9 Å². The van der Waals surface area contributed by atoms with Crippen molar-refractivity contribution in [2.45, 2.75) is 43.3 Å². The van der Waals surface area contributed by atoms with Gasteiger partial charge in [-0.2, -0.15) is 0 Å². The highest BCUT2D eigenvalue weighted by molar-refractivity contribution is 7.89. The Bertz CT molecular complexity index is 480. The van der Waals surface area contributed by atoms with Crippen LogP contribution in [-0.4, -0.2) is 19.4 Å². The SMILES string of the molecule is CC[C@H](N)c1ccc(S(=O)(=O)NC2CC2)nc1. The fraction of sp³-hybridized carbons (Fsp3) is 0.545. The quantitative estimate of drug-likeness (QED) is 0.819. The van der Waals surface area contributed by atoms with E-state index in [-0.39, 0.29) is 17.1 Å². The number of pyridine rings is 1. The molecule has 0 radical (unpaired) electrons. The van der Waals surface area contributed by atoms with E-state index in [0.29, 0.717) is 0 Å². The van der Waals surface area contributed by atoms with Crippen molar-refractivity contribution < 1.29 is 8.42 Å². The molecule has 0 unspecified atom stereocenters. The number of rotatable bonds is 5. The van der Waals surface area contributed by atoms with Crippen molar-refractivity contribution in [2.24, 2.45) is 5.73 Å². The largest absolute Gasteiger partial charge is 0.324 e. The van der Waals surface area contributed by atoms with Crippen molar-refractivity contribution in [2.75, 3.05) is 0 Å². The van der Waals surface area contributed by atoms with Gasteiger partial charge in [0.25, 0.3) is 10.0 Å². The molecule has 0 saturated heterocycles. The molecule has 1 aromatic heterocycles.